The fourth-order valence-corrected chi connectivity index (χ4v) is 3.95. The van der Waals surface area contributed by atoms with Gasteiger partial charge in [0.15, 0.2) is 5.78 Å². The van der Waals surface area contributed by atoms with E-state index >= 15 is 0 Å². The quantitative estimate of drug-likeness (QED) is 0.366. The molecule has 0 aromatic heterocycles. The smallest absolute Gasteiger partial charge is 0.223 e. The van der Waals surface area contributed by atoms with Crippen molar-refractivity contribution in [3.8, 4) is 11.1 Å². The van der Waals surface area contributed by atoms with Crippen molar-refractivity contribution in [2.45, 2.75) is 66.5 Å². The summed E-state index contributed by atoms with van der Waals surface area (Å²) in [5.41, 5.74) is 9.27. The zero-order valence-corrected chi connectivity index (χ0v) is 20.0. The van der Waals surface area contributed by atoms with Gasteiger partial charge in [-0.15, -0.1) is 0 Å². The molecule has 1 unspecified atom stereocenters. The highest BCUT2D eigenvalue weighted by atomic mass is 16.2. The van der Waals surface area contributed by atoms with Crippen molar-refractivity contribution in [1.29, 1.82) is 5.41 Å². The number of carbonyl (C=O) groups excluding carboxylic acids is 2. The first kappa shape index (κ1) is 25.3. The van der Waals surface area contributed by atoms with Crippen LogP contribution in [0.2, 0.25) is 0 Å². The Bertz CT molecular complexity index is 932. The van der Waals surface area contributed by atoms with Crippen LogP contribution in [0.1, 0.15) is 65.0 Å². The van der Waals surface area contributed by atoms with E-state index in [-0.39, 0.29) is 29.4 Å². The number of benzene rings is 2. The molecule has 2 aromatic rings. The van der Waals surface area contributed by atoms with Gasteiger partial charge in [-0.1, -0.05) is 89.6 Å². The van der Waals surface area contributed by atoms with Crippen LogP contribution in [0.4, 0.5) is 0 Å². The number of amidine groups is 1. The van der Waals surface area contributed by atoms with Crippen molar-refractivity contribution < 1.29 is 9.59 Å². The summed E-state index contributed by atoms with van der Waals surface area (Å²) in [6.45, 7) is 10.3. The number of nitrogen functional groups attached to an aromatic ring is 1. The van der Waals surface area contributed by atoms with Gasteiger partial charge in [-0.2, -0.15) is 0 Å². The first-order chi connectivity index (χ1) is 15.2. The fourth-order valence-electron chi connectivity index (χ4n) is 3.95. The van der Waals surface area contributed by atoms with E-state index in [9.17, 15) is 9.59 Å². The maximum atomic E-state index is 13.1. The van der Waals surface area contributed by atoms with Crippen molar-refractivity contribution in [1.82, 2.24) is 4.90 Å². The molecule has 0 aliphatic heterocycles. The van der Waals surface area contributed by atoms with Crippen LogP contribution in [0.5, 0.6) is 0 Å². The largest absolute Gasteiger partial charge is 0.384 e. The van der Waals surface area contributed by atoms with Crippen LogP contribution in [-0.4, -0.2) is 28.5 Å². The van der Waals surface area contributed by atoms with E-state index in [0.29, 0.717) is 18.5 Å². The minimum absolute atomic E-state index is 0.0318. The monoisotopic (exact) mass is 435 g/mol. The van der Waals surface area contributed by atoms with Crippen molar-refractivity contribution in [3.05, 3.63) is 59.7 Å². The number of ketones is 1. The number of amides is 1. The summed E-state index contributed by atoms with van der Waals surface area (Å²) in [4.78, 5) is 27.9. The third kappa shape index (κ3) is 6.28. The topological polar surface area (TPSA) is 87.2 Å². The molecule has 1 atom stereocenters. The number of nitrogens with zero attached hydrogens (tertiary/aromatic N) is 1. The van der Waals surface area contributed by atoms with Crippen LogP contribution >= 0.6 is 0 Å². The van der Waals surface area contributed by atoms with Gasteiger partial charge in [0.1, 0.15) is 5.84 Å². The number of rotatable bonds is 11. The summed E-state index contributed by atoms with van der Waals surface area (Å²) in [5.74, 6) is 0.0817. The van der Waals surface area contributed by atoms with E-state index < -0.39 is 6.04 Å². The molecule has 2 aromatic carbocycles. The molecule has 5 heteroatoms. The van der Waals surface area contributed by atoms with Gasteiger partial charge in [-0.05, 0) is 29.0 Å². The van der Waals surface area contributed by atoms with Crippen LogP contribution < -0.4 is 5.73 Å². The van der Waals surface area contributed by atoms with Gasteiger partial charge < -0.3 is 10.6 Å². The van der Waals surface area contributed by atoms with Crippen LogP contribution in [-0.2, 0) is 16.1 Å². The molecule has 0 aliphatic carbocycles. The van der Waals surface area contributed by atoms with E-state index in [4.69, 9.17) is 11.1 Å². The Morgan fingerprint density at radius 1 is 1.00 bits per heavy atom. The normalized spacial score (nSPS) is 12.1. The summed E-state index contributed by atoms with van der Waals surface area (Å²) >= 11 is 0. The highest BCUT2D eigenvalue weighted by Crippen LogP contribution is 2.26. The third-order valence-corrected chi connectivity index (χ3v) is 5.73. The van der Waals surface area contributed by atoms with Crippen molar-refractivity contribution in [2.75, 3.05) is 0 Å². The minimum Gasteiger partial charge on any atom is -0.384 e. The Balaban J connectivity index is 2.36. The van der Waals surface area contributed by atoms with Gasteiger partial charge in [-0.3, -0.25) is 15.0 Å². The summed E-state index contributed by atoms with van der Waals surface area (Å²) in [5, 5.41) is 7.83. The minimum atomic E-state index is -0.433. The Morgan fingerprint density at radius 2 is 1.62 bits per heavy atom. The number of hydrogen-bond acceptors (Lipinski definition) is 3. The van der Waals surface area contributed by atoms with Crippen molar-refractivity contribution in [3.63, 3.8) is 0 Å². The molecule has 32 heavy (non-hydrogen) atoms. The number of carbonyl (C=O) groups is 2. The average Bonchev–Trinajstić information content (AvgIpc) is 2.77. The van der Waals surface area contributed by atoms with Crippen LogP contribution in [0.3, 0.4) is 0 Å². The molecule has 0 spiro atoms. The van der Waals surface area contributed by atoms with E-state index in [2.05, 4.69) is 6.92 Å². The maximum Gasteiger partial charge on any atom is 0.223 e. The first-order valence-corrected chi connectivity index (χ1v) is 11.5. The number of nitrogens with two attached hydrogens (primary N) is 1. The van der Waals surface area contributed by atoms with Crippen molar-refractivity contribution >= 4 is 17.5 Å². The van der Waals surface area contributed by atoms with E-state index in [1.54, 1.807) is 4.90 Å². The van der Waals surface area contributed by atoms with E-state index in [1.807, 2.05) is 76.2 Å². The molecule has 0 saturated carbocycles. The van der Waals surface area contributed by atoms with Gasteiger partial charge in [0.05, 0.1) is 6.04 Å². The molecule has 0 fully saturated rings. The lowest BCUT2D eigenvalue weighted by Gasteiger charge is -2.35. The lowest BCUT2D eigenvalue weighted by atomic mass is 9.90. The summed E-state index contributed by atoms with van der Waals surface area (Å²) < 4.78 is 0. The first-order valence-electron chi connectivity index (χ1n) is 11.5. The molecule has 3 N–H and O–H groups in total. The standard InChI is InChI=1S/C27H37N3O2/c1-6-7-12-24(31)30(25(18(2)3)26(32)19(4)5)17-20-13-15-21(16-14-20)22-10-8-9-11-23(22)27(28)29/h8-11,13-16,18-19,25H,6-7,12,17H2,1-5H3,(H3,28,29). The highest BCUT2D eigenvalue weighted by molar-refractivity contribution is 6.01. The van der Waals surface area contributed by atoms with Gasteiger partial charge in [0.2, 0.25) is 5.91 Å². The van der Waals surface area contributed by atoms with Crippen LogP contribution in [0.15, 0.2) is 48.5 Å². The van der Waals surface area contributed by atoms with Gasteiger partial charge in [0.25, 0.3) is 0 Å². The van der Waals surface area contributed by atoms with E-state index in [1.165, 1.54) is 0 Å². The number of nitrogens with one attached hydrogen (secondary N) is 1. The lowest BCUT2D eigenvalue weighted by Crippen LogP contribution is -2.49. The summed E-state index contributed by atoms with van der Waals surface area (Å²) in [6.07, 6.45) is 2.21. The van der Waals surface area contributed by atoms with Gasteiger partial charge in [-0.25, -0.2) is 0 Å². The number of hydrogen-bond donors (Lipinski definition) is 2. The Morgan fingerprint density at radius 3 is 2.16 bits per heavy atom. The second kappa shape index (κ2) is 11.6. The molecule has 172 valence electrons. The molecule has 2 rings (SSSR count). The number of unbranched alkanes of at least 4 members (excludes halogenated alkanes) is 1. The molecule has 0 saturated heterocycles. The van der Waals surface area contributed by atoms with Crippen molar-refractivity contribution in [2.24, 2.45) is 17.6 Å². The molecule has 0 heterocycles. The zero-order valence-electron chi connectivity index (χ0n) is 20.0. The Kier molecular flexibility index (Phi) is 9.18. The third-order valence-electron chi connectivity index (χ3n) is 5.73. The molecule has 0 aliphatic rings. The molecular weight excluding hydrogens is 398 g/mol. The maximum absolute atomic E-state index is 13.1. The number of Topliss-reactive ketones (excluding diaryl/α,β-unsaturated/α-hetero) is 1. The second-order valence-electron chi connectivity index (χ2n) is 9.03. The predicted molar refractivity (Wildman–Crippen MR) is 131 cm³/mol. The predicted octanol–water partition coefficient (Wildman–Crippen LogP) is 5.41. The average molecular weight is 436 g/mol. The molecule has 1 amide bonds. The summed E-state index contributed by atoms with van der Waals surface area (Å²) in [7, 11) is 0. The lowest BCUT2D eigenvalue weighted by molar-refractivity contribution is -0.143. The highest BCUT2D eigenvalue weighted by Gasteiger charge is 2.33. The molecule has 0 bridgehead atoms. The van der Waals surface area contributed by atoms with Crippen LogP contribution in [0.25, 0.3) is 11.1 Å². The molecule has 5 nitrogen and oxygen atoms in total. The molecular formula is C27H37N3O2. The fraction of sp³-hybridized carbons (Fsp3) is 0.444. The Labute approximate surface area is 192 Å². The second-order valence-corrected chi connectivity index (χ2v) is 9.03. The van der Waals surface area contributed by atoms with Gasteiger partial charge in [0, 0.05) is 24.4 Å². The summed E-state index contributed by atoms with van der Waals surface area (Å²) in [6, 6.07) is 15.1. The Hall–Kier alpha value is -2.95. The molecule has 0 radical (unpaired) electrons. The van der Waals surface area contributed by atoms with E-state index in [0.717, 1.165) is 29.5 Å². The zero-order chi connectivity index (χ0) is 23.8. The SMILES string of the molecule is CCCCC(=O)N(Cc1ccc(-c2ccccc2C(=N)N)cc1)C(C(=O)C(C)C)C(C)C. The van der Waals surface area contributed by atoms with Gasteiger partial charge >= 0.3 is 0 Å². The van der Waals surface area contributed by atoms with Crippen LogP contribution in [0, 0.1) is 17.2 Å².